The summed E-state index contributed by atoms with van der Waals surface area (Å²) in [6.45, 7) is 7.75. The van der Waals surface area contributed by atoms with E-state index in [1.807, 2.05) is 13.0 Å². The van der Waals surface area contributed by atoms with Crippen molar-refractivity contribution in [3.05, 3.63) is 23.8 Å². The molecule has 27 heavy (non-hydrogen) atoms. The van der Waals surface area contributed by atoms with E-state index in [1.165, 1.54) is 4.90 Å². The highest BCUT2D eigenvalue weighted by atomic mass is 16.6. The van der Waals surface area contributed by atoms with E-state index < -0.39 is 11.7 Å². The largest absolute Gasteiger partial charge is 0.444 e. The average molecular weight is 378 g/mol. The van der Waals surface area contributed by atoms with Gasteiger partial charge in [-0.1, -0.05) is 0 Å². The van der Waals surface area contributed by atoms with Crippen molar-refractivity contribution in [3.8, 4) is 0 Å². The molecule has 2 rings (SSSR count). The van der Waals surface area contributed by atoms with E-state index in [0.29, 0.717) is 18.3 Å². The molecule has 8 nitrogen and oxygen atoms in total. The molecule has 0 radical (unpaired) electrons. The Hall–Kier alpha value is -2.22. The van der Waals surface area contributed by atoms with Gasteiger partial charge < -0.3 is 14.8 Å². The van der Waals surface area contributed by atoms with Gasteiger partial charge in [0.15, 0.2) is 5.82 Å². The molecule has 1 N–H and O–H groups in total. The van der Waals surface area contributed by atoms with Gasteiger partial charge in [0.05, 0.1) is 12.6 Å². The molecule has 1 saturated carbocycles. The molecule has 1 aromatic rings. The molecule has 1 fully saturated rings. The summed E-state index contributed by atoms with van der Waals surface area (Å²) in [7, 11) is 1.55. The Labute approximate surface area is 160 Å². The zero-order valence-corrected chi connectivity index (χ0v) is 16.8. The molecule has 1 aliphatic carbocycles. The van der Waals surface area contributed by atoms with Crippen LogP contribution in [0.5, 0.6) is 0 Å². The fourth-order valence-corrected chi connectivity index (χ4v) is 2.60. The van der Waals surface area contributed by atoms with Gasteiger partial charge in [-0.25, -0.2) is 14.8 Å². The highest BCUT2D eigenvalue weighted by Gasteiger charge is 2.36. The molecule has 0 spiro atoms. The topological polar surface area (TPSA) is 93.6 Å². The van der Waals surface area contributed by atoms with E-state index in [4.69, 9.17) is 9.47 Å². The van der Waals surface area contributed by atoms with E-state index >= 15 is 0 Å². The predicted molar refractivity (Wildman–Crippen MR) is 100 cm³/mol. The number of ether oxygens (including phenoxy) is 2. The lowest BCUT2D eigenvalue weighted by molar-refractivity contribution is -0.123. The molecule has 0 saturated heterocycles. The Morgan fingerprint density at radius 1 is 1.37 bits per heavy atom. The Kier molecular flexibility index (Phi) is 7.12. The van der Waals surface area contributed by atoms with E-state index in [2.05, 4.69) is 15.3 Å². The van der Waals surface area contributed by atoms with E-state index in [9.17, 15) is 9.59 Å². The van der Waals surface area contributed by atoms with Crippen LogP contribution in [-0.4, -0.2) is 59.3 Å². The number of aryl methyl sites for hydroxylation is 1. The first kappa shape index (κ1) is 21.1. The number of methoxy groups -OCH3 is 1. The van der Waals surface area contributed by atoms with Crippen LogP contribution in [0.4, 0.5) is 4.79 Å². The average Bonchev–Trinajstić information content (AvgIpc) is 3.39. The van der Waals surface area contributed by atoms with Gasteiger partial charge in [0, 0.05) is 25.5 Å². The van der Waals surface area contributed by atoms with Crippen LogP contribution in [0.2, 0.25) is 0 Å². The van der Waals surface area contributed by atoms with Crippen molar-refractivity contribution in [3.63, 3.8) is 0 Å². The van der Waals surface area contributed by atoms with Crippen LogP contribution in [0.25, 0.3) is 0 Å². The fraction of sp³-hybridized carbons (Fsp3) is 0.684. The monoisotopic (exact) mass is 378 g/mol. The second kappa shape index (κ2) is 9.12. The van der Waals surface area contributed by atoms with E-state index in [1.54, 1.807) is 34.1 Å². The Morgan fingerprint density at radius 3 is 2.63 bits per heavy atom. The number of nitrogens with one attached hydrogen (secondary N) is 1. The van der Waals surface area contributed by atoms with Gasteiger partial charge >= 0.3 is 6.09 Å². The number of aromatic nitrogens is 2. The molecule has 2 amide bonds. The second-order valence-electron chi connectivity index (χ2n) is 7.83. The third kappa shape index (κ3) is 7.13. The number of hydrogen-bond donors (Lipinski definition) is 1. The molecule has 1 heterocycles. The van der Waals surface area contributed by atoms with Crippen molar-refractivity contribution < 1.29 is 19.1 Å². The second-order valence-corrected chi connectivity index (χ2v) is 7.83. The van der Waals surface area contributed by atoms with E-state index in [-0.39, 0.29) is 25.0 Å². The lowest BCUT2D eigenvalue weighted by atomic mass is 10.1. The standard InChI is InChI=1S/C19H30N4O4/c1-13-8-9-20-17(21-13)16(14-6-7-14)22-15(24)12-23(10-11-26-5)18(25)27-19(2,3)4/h8-9,14,16H,6-7,10-12H2,1-5H3,(H,22,24)/t16-/m0/s1. The van der Waals surface area contributed by atoms with Gasteiger partial charge in [-0.15, -0.1) is 0 Å². The van der Waals surface area contributed by atoms with Crippen molar-refractivity contribution >= 4 is 12.0 Å². The van der Waals surface area contributed by atoms with Crippen molar-refractivity contribution in [2.75, 3.05) is 26.8 Å². The number of carbonyl (C=O) groups is 2. The molecule has 1 atom stereocenters. The van der Waals surface area contributed by atoms with Crippen LogP contribution < -0.4 is 5.32 Å². The number of hydrogen-bond acceptors (Lipinski definition) is 6. The predicted octanol–water partition coefficient (Wildman–Crippen LogP) is 2.24. The first-order chi connectivity index (χ1) is 12.7. The molecule has 1 aromatic heterocycles. The lowest BCUT2D eigenvalue weighted by Gasteiger charge is -2.27. The molecule has 0 aromatic carbocycles. The third-order valence-corrected chi connectivity index (χ3v) is 4.05. The molecule has 150 valence electrons. The van der Waals surface area contributed by atoms with Crippen LogP contribution in [-0.2, 0) is 14.3 Å². The van der Waals surface area contributed by atoms with Gasteiger partial charge in [-0.2, -0.15) is 0 Å². The molecule has 1 aliphatic rings. The Balaban J connectivity index is 2.03. The highest BCUT2D eigenvalue weighted by Crippen LogP contribution is 2.39. The minimum atomic E-state index is -0.634. The molecular formula is C19H30N4O4. The maximum absolute atomic E-state index is 12.6. The Bertz CT molecular complexity index is 655. The fourth-order valence-electron chi connectivity index (χ4n) is 2.60. The van der Waals surface area contributed by atoms with Crippen molar-refractivity contribution in [2.24, 2.45) is 5.92 Å². The van der Waals surface area contributed by atoms with Crippen LogP contribution in [0.1, 0.15) is 51.2 Å². The summed E-state index contributed by atoms with van der Waals surface area (Å²) in [6.07, 6.45) is 3.22. The Morgan fingerprint density at radius 2 is 2.07 bits per heavy atom. The maximum Gasteiger partial charge on any atom is 0.410 e. The lowest BCUT2D eigenvalue weighted by Crippen LogP contribution is -2.45. The zero-order valence-electron chi connectivity index (χ0n) is 16.8. The van der Waals surface area contributed by atoms with E-state index in [0.717, 1.165) is 18.5 Å². The van der Waals surface area contributed by atoms with Gasteiger partial charge in [-0.05, 0) is 52.5 Å². The maximum atomic E-state index is 12.6. The number of amides is 2. The van der Waals surface area contributed by atoms with Crippen molar-refractivity contribution in [1.29, 1.82) is 0 Å². The minimum absolute atomic E-state index is 0.104. The number of nitrogens with zero attached hydrogens (tertiary/aromatic N) is 3. The molecular weight excluding hydrogens is 348 g/mol. The molecule has 8 heteroatoms. The minimum Gasteiger partial charge on any atom is -0.444 e. The van der Waals surface area contributed by atoms with Crippen LogP contribution >= 0.6 is 0 Å². The first-order valence-electron chi connectivity index (χ1n) is 9.25. The molecule has 0 bridgehead atoms. The van der Waals surface area contributed by atoms with Crippen molar-refractivity contribution in [1.82, 2.24) is 20.2 Å². The van der Waals surface area contributed by atoms with Gasteiger partial charge in [0.25, 0.3) is 0 Å². The quantitative estimate of drug-likeness (QED) is 0.746. The SMILES string of the molecule is COCCN(CC(=O)N[C@H](c1nccc(C)n1)C1CC1)C(=O)OC(C)(C)C. The number of carbonyl (C=O) groups excluding carboxylic acids is 2. The van der Waals surface area contributed by atoms with Gasteiger partial charge in [-0.3, -0.25) is 9.69 Å². The van der Waals surface area contributed by atoms with Crippen LogP contribution in [0.3, 0.4) is 0 Å². The normalized spacial score (nSPS) is 15.1. The smallest absolute Gasteiger partial charge is 0.410 e. The summed E-state index contributed by atoms with van der Waals surface area (Å²) in [5.41, 5.74) is 0.223. The zero-order chi connectivity index (χ0) is 20.0. The summed E-state index contributed by atoms with van der Waals surface area (Å²) < 4.78 is 10.4. The molecule has 0 aliphatic heterocycles. The van der Waals surface area contributed by atoms with Gasteiger partial charge in [0.2, 0.25) is 5.91 Å². The summed E-state index contributed by atoms with van der Waals surface area (Å²) in [5, 5.41) is 2.99. The summed E-state index contributed by atoms with van der Waals surface area (Å²) in [4.78, 5) is 35.1. The van der Waals surface area contributed by atoms with Gasteiger partial charge in [0.1, 0.15) is 12.1 Å². The summed E-state index contributed by atoms with van der Waals surface area (Å²) >= 11 is 0. The third-order valence-electron chi connectivity index (χ3n) is 4.05. The summed E-state index contributed by atoms with van der Waals surface area (Å²) in [6, 6.07) is 1.59. The molecule has 0 unspecified atom stereocenters. The van der Waals surface area contributed by atoms with Crippen LogP contribution in [0, 0.1) is 12.8 Å². The highest BCUT2D eigenvalue weighted by molar-refractivity contribution is 5.82. The summed E-state index contributed by atoms with van der Waals surface area (Å²) in [5.74, 6) is 0.690. The van der Waals surface area contributed by atoms with Crippen molar-refractivity contribution in [2.45, 2.75) is 52.2 Å². The number of rotatable bonds is 8. The van der Waals surface area contributed by atoms with Crippen LogP contribution in [0.15, 0.2) is 12.3 Å². The first-order valence-corrected chi connectivity index (χ1v) is 9.25.